The highest BCUT2D eigenvalue weighted by Crippen LogP contribution is 2.30. The van der Waals surface area contributed by atoms with Gasteiger partial charge in [0, 0.05) is 58.0 Å². The summed E-state index contributed by atoms with van der Waals surface area (Å²) in [7, 11) is 0. The molecule has 5 rings (SSSR count). The number of hydrogen-bond donors (Lipinski definition) is 0. The van der Waals surface area contributed by atoms with Gasteiger partial charge in [-0.15, -0.1) is 0 Å². The van der Waals surface area contributed by atoms with Crippen molar-refractivity contribution in [3.8, 4) is 6.07 Å². The van der Waals surface area contributed by atoms with Crippen LogP contribution in [0.1, 0.15) is 28.5 Å². The summed E-state index contributed by atoms with van der Waals surface area (Å²) < 4.78 is 41.7. The molecule has 0 spiro atoms. The molecular weight excluding hydrogens is 477 g/mol. The zero-order chi connectivity index (χ0) is 25.4. The van der Waals surface area contributed by atoms with Gasteiger partial charge in [0.1, 0.15) is 11.6 Å². The molecule has 0 unspecified atom stereocenters. The van der Waals surface area contributed by atoms with Crippen LogP contribution in [0.5, 0.6) is 0 Å². The maximum atomic E-state index is 14.3. The van der Waals surface area contributed by atoms with E-state index in [0.29, 0.717) is 25.1 Å². The van der Waals surface area contributed by atoms with Crippen molar-refractivity contribution in [1.29, 1.82) is 5.26 Å². The number of amides is 3. The summed E-state index contributed by atoms with van der Waals surface area (Å²) in [5.74, 6) is -2.99. The van der Waals surface area contributed by atoms with Gasteiger partial charge in [0.2, 0.25) is 5.95 Å². The maximum Gasteiger partial charge on any atom is 0.341 e. The van der Waals surface area contributed by atoms with Gasteiger partial charge in [-0.2, -0.15) is 10.4 Å². The van der Waals surface area contributed by atoms with E-state index in [9.17, 15) is 22.8 Å². The van der Waals surface area contributed by atoms with Gasteiger partial charge in [-0.1, -0.05) is 0 Å². The SMILES string of the molecule is N#CC1CN(C(=O)c2nc(N3CCN(C(=O)N4N=CC[C@H]4c4cc(F)cc(F)c4)CC3)ncc2F)C1. The average molecular weight is 498 g/mol. The van der Waals surface area contributed by atoms with Crippen LogP contribution in [0.3, 0.4) is 0 Å². The number of rotatable bonds is 3. The Kier molecular flexibility index (Phi) is 6.17. The number of carbonyl (C=O) groups excluding carboxylic acids is 2. The summed E-state index contributed by atoms with van der Waals surface area (Å²) in [5, 5.41) is 14.2. The van der Waals surface area contributed by atoms with Crippen molar-refractivity contribution >= 4 is 24.1 Å². The number of nitrogens with zero attached hydrogens (tertiary/aromatic N) is 8. The normalized spacial score (nSPS) is 19.9. The number of hydrogen-bond acceptors (Lipinski definition) is 7. The Hall–Kier alpha value is -4.21. The van der Waals surface area contributed by atoms with Crippen molar-refractivity contribution < 1.29 is 22.8 Å². The highest BCUT2D eigenvalue weighted by Gasteiger charge is 2.35. The summed E-state index contributed by atoms with van der Waals surface area (Å²) in [5.41, 5.74) is -0.0383. The highest BCUT2D eigenvalue weighted by atomic mass is 19.1. The van der Waals surface area contributed by atoms with Gasteiger partial charge in [-0.25, -0.2) is 32.9 Å². The zero-order valence-corrected chi connectivity index (χ0v) is 19.0. The predicted octanol–water partition coefficient (Wildman–Crippen LogP) is 2.16. The molecule has 3 amide bonds. The quantitative estimate of drug-likeness (QED) is 0.642. The van der Waals surface area contributed by atoms with Gasteiger partial charge in [0.25, 0.3) is 5.91 Å². The van der Waals surface area contributed by atoms with E-state index >= 15 is 0 Å². The number of urea groups is 1. The minimum atomic E-state index is -0.843. The van der Waals surface area contributed by atoms with Crippen LogP contribution in [0.25, 0.3) is 0 Å². The second kappa shape index (κ2) is 9.44. The summed E-state index contributed by atoms with van der Waals surface area (Å²) in [6.45, 7) is 1.66. The molecule has 0 bridgehead atoms. The molecule has 3 aliphatic heterocycles. The van der Waals surface area contributed by atoms with Crippen LogP contribution < -0.4 is 4.90 Å². The lowest BCUT2D eigenvalue weighted by atomic mass is 10.0. The fourth-order valence-electron chi connectivity index (χ4n) is 4.42. The molecule has 10 nitrogen and oxygen atoms in total. The van der Waals surface area contributed by atoms with Crippen LogP contribution in [0.15, 0.2) is 29.5 Å². The largest absolute Gasteiger partial charge is 0.341 e. The Balaban J connectivity index is 1.23. The number of carbonyl (C=O) groups is 2. The number of aromatic nitrogens is 2. The van der Waals surface area contributed by atoms with Crippen LogP contribution in [0.4, 0.5) is 23.9 Å². The molecule has 4 heterocycles. The third-order valence-electron chi connectivity index (χ3n) is 6.41. The lowest BCUT2D eigenvalue weighted by molar-refractivity contribution is 0.0565. The van der Waals surface area contributed by atoms with Crippen LogP contribution in [-0.2, 0) is 0 Å². The van der Waals surface area contributed by atoms with Gasteiger partial charge in [0.05, 0.1) is 24.2 Å². The first-order chi connectivity index (χ1) is 17.3. The van der Waals surface area contributed by atoms with Crippen molar-refractivity contribution in [2.75, 3.05) is 44.2 Å². The first-order valence-corrected chi connectivity index (χ1v) is 11.4. The molecule has 0 aliphatic carbocycles. The van der Waals surface area contributed by atoms with E-state index in [1.807, 2.05) is 0 Å². The van der Waals surface area contributed by atoms with E-state index in [-0.39, 0.29) is 43.7 Å². The molecule has 0 N–H and O–H groups in total. The molecule has 186 valence electrons. The molecule has 36 heavy (non-hydrogen) atoms. The van der Waals surface area contributed by atoms with Gasteiger partial charge in [0.15, 0.2) is 11.5 Å². The number of hydrazone groups is 1. The van der Waals surface area contributed by atoms with Gasteiger partial charge in [-0.3, -0.25) is 4.79 Å². The van der Waals surface area contributed by atoms with Gasteiger partial charge in [-0.05, 0) is 17.7 Å². The fourth-order valence-corrected chi connectivity index (χ4v) is 4.42. The van der Waals surface area contributed by atoms with Crippen molar-refractivity contribution in [3.05, 3.63) is 53.1 Å². The van der Waals surface area contributed by atoms with Crippen LogP contribution in [0, 0.1) is 34.7 Å². The van der Waals surface area contributed by atoms with Crippen molar-refractivity contribution in [2.45, 2.75) is 12.5 Å². The molecule has 0 radical (unpaired) electrons. The smallest absolute Gasteiger partial charge is 0.337 e. The van der Waals surface area contributed by atoms with Crippen LogP contribution in [0.2, 0.25) is 0 Å². The molecular formula is C23H21F3N8O2. The maximum absolute atomic E-state index is 14.3. The Morgan fingerprint density at radius 1 is 1.00 bits per heavy atom. The van der Waals surface area contributed by atoms with E-state index in [2.05, 4.69) is 21.1 Å². The molecule has 2 aromatic rings. The second-order valence-electron chi connectivity index (χ2n) is 8.76. The molecule has 1 aromatic heterocycles. The molecule has 2 saturated heterocycles. The summed E-state index contributed by atoms with van der Waals surface area (Å²) in [6, 6.07) is 4.19. The van der Waals surface area contributed by atoms with Gasteiger partial charge < -0.3 is 14.7 Å². The number of benzene rings is 1. The molecule has 13 heteroatoms. The van der Waals surface area contributed by atoms with Crippen LogP contribution in [-0.4, -0.2) is 82.2 Å². The molecule has 3 aliphatic rings. The van der Waals surface area contributed by atoms with E-state index in [1.54, 1.807) is 9.80 Å². The third kappa shape index (κ3) is 4.41. The lowest BCUT2D eigenvalue weighted by Crippen LogP contribution is -2.52. The number of nitriles is 1. The van der Waals surface area contributed by atoms with Crippen molar-refractivity contribution in [3.63, 3.8) is 0 Å². The topological polar surface area (TPSA) is 109 Å². The van der Waals surface area contributed by atoms with Crippen molar-refractivity contribution in [2.24, 2.45) is 11.0 Å². The predicted molar refractivity (Wildman–Crippen MR) is 120 cm³/mol. The molecule has 2 fully saturated rings. The number of halogens is 3. The number of likely N-dealkylation sites (tertiary alicyclic amines) is 1. The Labute approximate surface area is 204 Å². The Morgan fingerprint density at radius 2 is 1.69 bits per heavy atom. The zero-order valence-electron chi connectivity index (χ0n) is 19.0. The van der Waals surface area contributed by atoms with E-state index in [0.717, 1.165) is 12.3 Å². The number of anilines is 1. The molecule has 1 aromatic carbocycles. The van der Waals surface area contributed by atoms with E-state index < -0.39 is 35.4 Å². The van der Waals surface area contributed by atoms with Gasteiger partial charge >= 0.3 is 6.03 Å². The standard InChI is InChI=1S/C23H21F3N8O2/c24-16-7-15(8-17(25)9-16)19-1-2-29-34(19)23(36)32-5-3-31(4-6-32)22-28-11-18(26)20(30-22)21(35)33-12-14(10-27)13-33/h2,7-9,11,14,19H,1,3-6,12-13H2/t19-/m0/s1. The third-order valence-corrected chi connectivity index (χ3v) is 6.41. The Morgan fingerprint density at radius 3 is 2.36 bits per heavy atom. The lowest BCUT2D eigenvalue weighted by Gasteiger charge is -2.37. The molecule has 1 atom stereocenters. The Bertz CT molecular complexity index is 1250. The fraction of sp³-hybridized carbons (Fsp3) is 0.391. The minimum absolute atomic E-state index is 0.163. The van der Waals surface area contributed by atoms with E-state index in [4.69, 9.17) is 5.26 Å². The first-order valence-electron chi connectivity index (χ1n) is 11.4. The molecule has 0 saturated carbocycles. The summed E-state index contributed by atoms with van der Waals surface area (Å²) >= 11 is 0. The first kappa shape index (κ1) is 23.5. The second-order valence-corrected chi connectivity index (χ2v) is 8.76. The number of piperazine rings is 1. The van der Waals surface area contributed by atoms with E-state index in [1.165, 1.54) is 28.3 Å². The monoisotopic (exact) mass is 498 g/mol. The van der Waals surface area contributed by atoms with Crippen LogP contribution >= 0.6 is 0 Å². The average Bonchev–Trinajstić information content (AvgIpc) is 3.33. The highest BCUT2D eigenvalue weighted by molar-refractivity contribution is 5.93. The minimum Gasteiger partial charge on any atom is -0.337 e. The summed E-state index contributed by atoms with van der Waals surface area (Å²) in [6.07, 6.45) is 2.81. The van der Waals surface area contributed by atoms with Crippen molar-refractivity contribution in [1.82, 2.24) is 24.8 Å². The summed E-state index contributed by atoms with van der Waals surface area (Å²) in [4.78, 5) is 38.5.